The van der Waals surface area contributed by atoms with Crippen molar-refractivity contribution in [2.45, 2.75) is 0 Å². The van der Waals surface area contributed by atoms with Crippen LogP contribution in [0.2, 0.25) is 5.02 Å². The van der Waals surface area contributed by atoms with Crippen LogP contribution in [0.3, 0.4) is 0 Å². The van der Waals surface area contributed by atoms with Crippen LogP contribution < -0.4 is 5.73 Å². The maximum Gasteiger partial charge on any atom is 0.196 e. The third-order valence-corrected chi connectivity index (χ3v) is 2.56. The molecule has 3 N–H and O–H groups in total. The highest BCUT2D eigenvalue weighted by Crippen LogP contribution is 2.25. The Hall–Kier alpha value is -1.74. The van der Waals surface area contributed by atoms with Crippen molar-refractivity contribution in [3.05, 3.63) is 52.8 Å². The Morgan fingerprint density at radius 1 is 1.33 bits per heavy atom. The summed E-state index contributed by atoms with van der Waals surface area (Å²) in [6.07, 6.45) is 3.31. The number of halogens is 1. The normalized spacial score (nSPS) is 10.2. The second-order valence-electron chi connectivity index (χ2n) is 3.14. The van der Waals surface area contributed by atoms with Crippen LogP contribution in [0.15, 0.2) is 36.7 Å². The number of H-pyrrole nitrogens is 1. The zero-order valence-corrected chi connectivity index (χ0v) is 8.58. The number of nitrogens with two attached hydrogens (primary N) is 1. The number of nitrogens with one attached hydrogen (secondary N) is 1. The van der Waals surface area contributed by atoms with E-state index in [9.17, 15) is 4.79 Å². The molecule has 0 radical (unpaired) electrons. The largest absolute Gasteiger partial charge is 0.398 e. The molecular weight excluding hydrogens is 212 g/mol. The zero-order valence-electron chi connectivity index (χ0n) is 7.83. The average molecular weight is 221 g/mol. The van der Waals surface area contributed by atoms with Gasteiger partial charge in [-0.3, -0.25) is 4.79 Å². The van der Waals surface area contributed by atoms with Crippen molar-refractivity contribution >= 4 is 23.1 Å². The van der Waals surface area contributed by atoms with E-state index >= 15 is 0 Å². The number of anilines is 1. The van der Waals surface area contributed by atoms with E-state index in [1.165, 1.54) is 0 Å². The van der Waals surface area contributed by atoms with E-state index in [1.54, 1.807) is 36.7 Å². The molecule has 0 aliphatic rings. The lowest BCUT2D eigenvalue weighted by Crippen LogP contribution is -2.02. The van der Waals surface area contributed by atoms with Crippen molar-refractivity contribution in [1.29, 1.82) is 0 Å². The number of hydrogen-bond acceptors (Lipinski definition) is 2. The molecule has 0 amide bonds. The van der Waals surface area contributed by atoms with Gasteiger partial charge in [0.2, 0.25) is 0 Å². The minimum atomic E-state index is -0.131. The highest BCUT2D eigenvalue weighted by Gasteiger charge is 2.14. The SMILES string of the molecule is Nc1cccc(C(=O)c2cc[nH]c2)c1Cl. The maximum atomic E-state index is 11.9. The van der Waals surface area contributed by atoms with Crippen LogP contribution in [-0.2, 0) is 0 Å². The summed E-state index contributed by atoms with van der Waals surface area (Å²) in [6, 6.07) is 6.73. The van der Waals surface area contributed by atoms with Crippen LogP contribution in [0, 0.1) is 0 Å². The van der Waals surface area contributed by atoms with E-state index in [4.69, 9.17) is 17.3 Å². The van der Waals surface area contributed by atoms with Crippen molar-refractivity contribution in [3.8, 4) is 0 Å². The fourth-order valence-electron chi connectivity index (χ4n) is 1.35. The minimum Gasteiger partial charge on any atom is -0.398 e. The summed E-state index contributed by atoms with van der Waals surface area (Å²) in [4.78, 5) is 14.7. The summed E-state index contributed by atoms with van der Waals surface area (Å²) in [7, 11) is 0. The minimum absolute atomic E-state index is 0.131. The smallest absolute Gasteiger partial charge is 0.196 e. The number of carbonyl (C=O) groups excluding carboxylic acids is 1. The molecule has 0 unspecified atom stereocenters. The predicted octanol–water partition coefficient (Wildman–Crippen LogP) is 2.48. The summed E-state index contributed by atoms with van der Waals surface area (Å²) >= 11 is 5.95. The summed E-state index contributed by atoms with van der Waals surface area (Å²) in [5, 5.41) is 0.309. The van der Waals surface area contributed by atoms with Gasteiger partial charge in [-0.1, -0.05) is 17.7 Å². The van der Waals surface area contributed by atoms with Crippen molar-refractivity contribution in [2.75, 3.05) is 5.73 Å². The molecule has 0 atom stereocenters. The Morgan fingerprint density at radius 2 is 2.13 bits per heavy atom. The van der Waals surface area contributed by atoms with Gasteiger partial charge in [0.1, 0.15) is 0 Å². The maximum absolute atomic E-state index is 11.9. The molecule has 15 heavy (non-hydrogen) atoms. The Labute approximate surface area is 91.9 Å². The van der Waals surface area contributed by atoms with Crippen molar-refractivity contribution in [3.63, 3.8) is 0 Å². The number of aromatic amines is 1. The molecule has 0 spiro atoms. The first-order chi connectivity index (χ1) is 7.20. The van der Waals surface area contributed by atoms with Crippen LogP contribution in [0.25, 0.3) is 0 Å². The Kier molecular flexibility index (Phi) is 2.47. The van der Waals surface area contributed by atoms with E-state index < -0.39 is 0 Å². The van der Waals surface area contributed by atoms with Crippen LogP contribution in [0.5, 0.6) is 0 Å². The molecule has 1 heterocycles. The van der Waals surface area contributed by atoms with Gasteiger partial charge in [0.15, 0.2) is 5.78 Å². The zero-order chi connectivity index (χ0) is 10.8. The standard InChI is InChI=1S/C11H9ClN2O/c12-10-8(2-1-3-9(10)13)11(15)7-4-5-14-6-7/h1-6,14H,13H2. The monoisotopic (exact) mass is 220 g/mol. The highest BCUT2D eigenvalue weighted by atomic mass is 35.5. The number of hydrogen-bond donors (Lipinski definition) is 2. The van der Waals surface area contributed by atoms with Gasteiger partial charge in [-0.15, -0.1) is 0 Å². The molecule has 0 saturated heterocycles. The van der Waals surface area contributed by atoms with Crippen molar-refractivity contribution in [2.24, 2.45) is 0 Å². The molecule has 76 valence electrons. The Bertz CT molecular complexity index is 491. The summed E-state index contributed by atoms with van der Waals surface area (Å²) in [5.74, 6) is -0.131. The number of rotatable bonds is 2. The highest BCUT2D eigenvalue weighted by molar-refractivity contribution is 6.37. The second-order valence-corrected chi connectivity index (χ2v) is 3.52. The van der Waals surface area contributed by atoms with E-state index in [1.807, 2.05) is 0 Å². The fourth-order valence-corrected chi connectivity index (χ4v) is 1.56. The second kappa shape index (κ2) is 3.79. The third kappa shape index (κ3) is 1.74. The Balaban J connectivity index is 2.47. The first-order valence-corrected chi connectivity index (χ1v) is 4.79. The number of carbonyl (C=O) groups is 1. The van der Waals surface area contributed by atoms with Crippen LogP contribution in [0.1, 0.15) is 15.9 Å². The number of benzene rings is 1. The van der Waals surface area contributed by atoms with E-state index in [-0.39, 0.29) is 5.78 Å². The lowest BCUT2D eigenvalue weighted by molar-refractivity contribution is 0.103. The van der Waals surface area contributed by atoms with E-state index in [0.717, 1.165) is 0 Å². The Morgan fingerprint density at radius 3 is 2.80 bits per heavy atom. The van der Waals surface area contributed by atoms with Crippen molar-refractivity contribution in [1.82, 2.24) is 4.98 Å². The molecule has 2 rings (SSSR count). The molecule has 0 aliphatic heterocycles. The molecular formula is C11H9ClN2O. The first-order valence-electron chi connectivity index (χ1n) is 4.41. The van der Waals surface area contributed by atoms with Gasteiger partial charge in [0.25, 0.3) is 0 Å². The van der Waals surface area contributed by atoms with Gasteiger partial charge in [0.05, 0.1) is 10.7 Å². The van der Waals surface area contributed by atoms with Crippen LogP contribution in [-0.4, -0.2) is 10.8 Å². The summed E-state index contributed by atoms with van der Waals surface area (Å²) in [6.45, 7) is 0. The lowest BCUT2D eigenvalue weighted by atomic mass is 10.1. The summed E-state index contributed by atoms with van der Waals surface area (Å²) in [5.41, 5.74) is 7.03. The molecule has 4 heteroatoms. The number of aromatic nitrogens is 1. The quantitative estimate of drug-likeness (QED) is 0.604. The third-order valence-electron chi connectivity index (χ3n) is 2.13. The number of ketones is 1. The van der Waals surface area contributed by atoms with Crippen LogP contribution in [0.4, 0.5) is 5.69 Å². The molecule has 0 bridgehead atoms. The molecule has 0 fully saturated rings. The topological polar surface area (TPSA) is 58.9 Å². The van der Waals surface area contributed by atoms with Gasteiger partial charge >= 0.3 is 0 Å². The van der Waals surface area contributed by atoms with Crippen LogP contribution >= 0.6 is 11.6 Å². The number of nitrogen functional groups attached to an aromatic ring is 1. The molecule has 3 nitrogen and oxygen atoms in total. The lowest BCUT2D eigenvalue weighted by Gasteiger charge is -2.03. The fraction of sp³-hybridized carbons (Fsp3) is 0. The van der Waals surface area contributed by atoms with Gasteiger partial charge in [-0.2, -0.15) is 0 Å². The van der Waals surface area contributed by atoms with Gasteiger partial charge in [-0.05, 0) is 18.2 Å². The van der Waals surface area contributed by atoms with Gasteiger partial charge in [-0.25, -0.2) is 0 Å². The molecule has 0 saturated carbocycles. The van der Waals surface area contributed by atoms with E-state index in [0.29, 0.717) is 21.8 Å². The van der Waals surface area contributed by atoms with Gasteiger partial charge < -0.3 is 10.7 Å². The predicted molar refractivity (Wildman–Crippen MR) is 60.1 cm³/mol. The van der Waals surface area contributed by atoms with Gasteiger partial charge in [0, 0.05) is 23.5 Å². The molecule has 1 aromatic heterocycles. The summed E-state index contributed by atoms with van der Waals surface area (Å²) < 4.78 is 0. The molecule has 0 aliphatic carbocycles. The average Bonchev–Trinajstić information content (AvgIpc) is 2.74. The molecule has 1 aromatic carbocycles. The van der Waals surface area contributed by atoms with Crippen molar-refractivity contribution < 1.29 is 4.79 Å². The molecule has 2 aromatic rings. The van der Waals surface area contributed by atoms with E-state index in [2.05, 4.69) is 4.98 Å². The first kappa shape index (κ1) is 9.80.